The monoisotopic (exact) mass is 535 g/mol. The molecule has 2 bridgehead atoms. The molecular weight excluding hydrogens is 490 g/mol. The summed E-state index contributed by atoms with van der Waals surface area (Å²) in [6.07, 6.45) is 7.24. The second-order valence-electron chi connectivity index (χ2n) is 13.1. The summed E-state index contributed by atoms with van der Waals surface area (Å²) in [7, 11) is 0. The Balaban J connectivity index is 1.41. The Hall–Kier alpha value is -2.67. The normalized spacial score (nSPS) is 35.1. The molecule has 39 heavy (non-hydrogen) atoms. The van der Waals surface area contributed by atoms with Crippen molar-refractivity contribution in [3.05, 3.63) is 42.0 Å². The van der Waals surface area contributed by atoms with Gasteiger partial charge < -0.3 is 20.3 Å². The summed E-state index contributed by atoms with van der Waals surface area (Å²) >= 11 is 0. The highest BCUT2D eigenvalue weighted by molar-refractivity contribution is 6.02. The molecule has 3 heterocycles. The average molecular weight is 536 g/mol. The summed E-state index contributed by atoms with van der Waals surface area (Å²) in [5.41, 5.74) is 0.776. The van der Waals surface area contributed by atoms with Crippen molar-refractivity contribution in [1.29, 1.82) is 0 Å². The number of nitrogens with zero attached hydrogens (tertiary/aromatic N) is 1. The van der Waals surface area contributed by atoms with E-state index in [4.69, 9.17) is 4.74 Å². The molecule has 7 nitrogen and oxygen atoms in total. The van der Waals surface area contributed by atoms with E-state index in [0.29, 0.717) is 35.9 Å². The van der Waals surface area contributed by atoms with Crippen molar-refractivity contribution in [3.63, 3.8) is 0 Å². The van der Waals surface area contributed by atoms with Crippen LogP contribution in [0.25, 0.3) is 0 Å². The highest BCUT2D eigenvalue weighted by Crippen LogP contribution is 2.55. The van der Waals surface area contributed by atoms with Crippen LogP contribution in [0.3, 0.4) is 0 Å². The Labute approximate surface area is 233 Å². The maximum absolute atomic E-state index is 14.0. The fourth-order valence-corrected chi connectivity index (χ4v) is 7.13. The van der Waals surface area contributed by atoms with E-state index in [2.05, 4.69) is 52.2 Å². The van der Waals surface area contributed by atoms with Crippen LogP contribution in [0.1, 0.15) is 78.7 Å². The van der Waals surface area contributed by atoms with E-state index in [1.54, 1.807) is 4.90 Å². The minimum Gasteiger partial charge on any atom is -0.359 e. The second-order valence-corrected chi connectivity index (χ2v) is 13.1. The third-order valence-electron chi connectivity index (χ3n) is 9.75. The number of ether oxygens (including phenoxy) is 1. The number of carbonyl (C=O) groups is 3. The van der Waals surface area contributed by atoms with Gasteiger partial charge in [-0.15, -0.1) is 0 Å². The molecule has 5 rings (SSSR count). The number of anilines is 1. The van der Waals surface area contributed by atoms with Crippen molar-refractivity contribution in [2.45, 2.75) is 96.9 Å². The van der Waals surface area contributed by atoms with Gasteiger partial charge in [-0.2, -0.15) is 0 Å². The van der Waals surface area contributed by atoms with Crippen molar-refractivity contribution in [1.82, 2.24) is 10.2 Å². The predicted molar refractivity (Wildman–Crippen MR) is 152 cm³/mol. The number of likely N-dealkylation sites (tertiary alicyclic amines) is 1. The van der Waals surface area contributed by atoms with Gasteiger partial charge in [0.25, 0.3) is 0 Å². The molecule has 0 aromatic heterocycles. The van der Waals surface area contributed by atoms with Gasteiger partial charge in [0.05, 0.1) is 17.9 Å². The summed E-state index contributed by atoms with van der Waals surface area (Å²) < 4.78 is 6.49. The largest absolute Gasteiger partial charge is 0.359 e. The van der Waals surface area contributed by atoms with Gasteiger partial charge in [-0.25, -0.2) is 0 Å². The number of nitrogens with one attached hydrogen (secondary N) is 2. The minimum absolute atomic E-state index is 0.0780. The quantitative estimate of drug-likeness (QED) is 0.464. The molecule has 212 valence electrons. The third kappa shape index (κ3) is 4.92. The Morgan fingerprint density at radius 3 is 2.46 bits per heavy atom. The van der Waals surface area contributed by atoms with Crippen molar-refractivity contribution in [2.24, 2.45) is 29.6 Å². The van der Waals surface area contributed by atoms with E-state index in [1.165, 1.54) is 12.0 Å². The fraction of sp³-hybridized carbons (Fsp3) is 0.656. The first-order chi connectivity index (χ1) is 18.5. The lowest BCUT2D eigenvalue weighted by Gasteiger charge is -2.38. The molecule has 1 spiro atoms. The Kier molecular flexibility index (Phi) is 7.66. The van der Waals surface area contributed by atoms with Crippen molar-refractivity contribution in [3.8, 4) is 0 Å². The average Bonchev–Trinajstić information content (AvgIpc) is 3.53. The van der Waals surface area contributed by atoms with E-state index < -0.39 is 29.6 Å². The molecule has 0 unspecified atom stereocenters. The molecule has 1 aromatic carbocycles. The van der Waals surface area contributed by atoms with Crippen molar-refractivity contribution >= 4 is 23.4 Å². The number of carbonyl (C=O) groups excluding carboxylic acids is 3. The molecule has 4 aliphatic rings. The van der Waals surface area contributed by atoms with Gasteiger partial charge in [0.2, 0.25) is 17.7 Å². The fourth-order valence-electron chi connectivity index (χ4n) is 7.13. The van der Waals surface area contributed by atoms with Crippen LogP contribution in [0.15, 0.2) is 36.4 Å². The highest BCUT2D eigenvalue weighted by Gasteiger charge is 2.72. The van der Waals surface area contributed by atoms with Crippen LogP contribution in [0.5, 0.6) is 0 Å². The molecule has 3 fully saturated rings. The summed E-state index contributed by atoms with van der Waals surface area (Å²) in [6, 6.07) is 7.14. The standard InChI is InChI=1S/C32H45N3O4/c1-18(2)15-17-35-28(30(37)34-24-9-7-8-20(5)21(24)6)32-16-14-25(39-32)26(27(32)31(35)38)29(36)33-23-12-10-22(11-13-23)19(3)4/h10-14,16,18-21,24-28H,7-9,15,17H2,1-6H3,(H,33,36)(H,34,37)/t20-,21+,24+,25+,26+,27+,28-,32-/m0/s1. The summed E-state index contributed by atoms with van der Waals surface area (Å²) in [6.45, 7) is 13.4. The van der Waals surface area contributed by atoms with Gasteiger partial charge in [0.15, 0.2) is 0 Å². The van der Waals surface area contributed by atoms with E-state index in [0.717, 1.165) is 19.3 Å². The zero-order chi connectivity index (χ0) is 28.1. The molecule has 1 aromatic rings. The van der Waals surface area contributed by atoms with Crippen LogP contribution in [0.2, 0.25) is 0 Å². The van der Waals surface area contributed by atoms with E-state index in [9.17, 15) is 14.4 Å². The van der Waals surface area contributed by atoms with Gasteiger partial charge in [0.1, 0.15) is 11.6 Å². The zero-order valence-corrected chi connectivity index (χ0v) is 24.3. The van der Waals surface area contributed by atoms with Crippen LogP contribution < -0.4 is 10.6 Å². The van der Waals surface area contributed by atoms with Gasteiger partial charge in [0, 0.05) is 18.3 Å². The van der Waals surface area contributed by atoms with Gasteiger partial charge in [-0.3, -0.25) is 14.4 Å². The first-order valence-electron chi connectivity index (χ1n) is 14.9. The van der Waals surface area contributed by atoms with Crippen molar-refractivity contribution < 1.29 is 19.1 Å². The van der Waals surface area contributed by atoms with Gasteiger partial charge >= 0.3 is 0 Å². The molecule has 1 aliphatic carbocycles. The zero-order valence-electron chi connectivity index (χ0n) is 24.3. The van der Waals surface area contributed by atoms with Crippen LogP contribution >= 0.6 is 0 Å². The second kappa shape index (κ2) is 10.7. The highest BCUT2D eigenvalue weighted by atomic mass is 16.5. The number of hydrogen-bond donors (Lipinski definition) is 2. The molecule has 1 saturated carbocycles. The maximum atomic E-state index is 14.0. The lowest BCUT2D eigenvalue weighted by atomic mass is 9.73. The molecule has 0 radical (unpaired) electrons. The number of fused-ring (bicyclic) bond motifs is 1. The Morgan fingerprint density at radius 1 is 1.08 bits per heavy atom. The predicted octanol–water partition coefficient (Wildman–Crippen LogP) is 4.89. The van der Waals surface area contributed by atoms with E-state index in [1.807, 2.05) is 36.4 Å². The van der Waals surface area contributed by atoms with E-state index >= 15 is 0 Å². The minimum atomic E-state index is -1.12. The Morgan fingerprint density at radius 2 is 1.79 bits per heavy atom. The smallest absolute Gasteiger partial charge is 0.246 e. The van der Waals surface area contributed by atoms with Crippen LogP contribution in [-0.4, -0.2) is 53.0 Å². The molecule has 8 atom stereocenters. The SMILES string of the molecule is CC(C)CCN1C(=O)[C@H]2[C@H](C(=O)Nc3ccc(C(C)C)cc3)[C@H]3C=C[C@@]2(O3)[C@@H]1C(=O)N[C@@H]1CCC[C@H](C)[C@H]1C. The lowest BCUT2D eigenvalue weighted by Crippen LogP contribution is -2.58. The van der Waals surface area contributed by atoms with Crippen molar-refractivity contribution in [2.75, 3.05) is 11.9 Å². The maximum Gasteiger partial charge on any atom is 0.246 e. The topological polar surface area (TPSA) is 87.7 Å². The first kappa shape index (κ1) is 27.9. The summed E-state index contributed by atoms with van der Waals surface area (Å²) in [5, 5.41) is 6.35. The summed E-state index contributed by atoms with van der Waals surface area (Å²) in [5.74, 6) is -0.254. The Bertz CT molecular complexity index is 1130. The number of amides is 3. The molecule has 3 amide bonds. The van der Waals surface area contributed by atoms with E-state index in [-0.39, 0.29) is 23.8 Å². The number of benzene rings is 1. The molecule has 2 N–H and O–H groups in total. The van der Waals surface area contributed by atoms with Gasteiger partial charge in [-0.05, 0) is 54.2 Å². The lowest BCUT2D eigenvalue weighted by molar-refractivity contribution is -0.141. The van der Waals surface area contributed by atoms with Crippen LogP contribution in [-0.2, 0) is 19.1 Å². The number of hydrogen-bond acceptors (Lipinski definition) is 4. The molecule has 2 saturated heterocycles. The molecular formula is C32H45N3O4. The molecule has 3 aliphatic heterocycles. The number of rotatable bonds is 8. The van der Waals surface area contributed by atoms with Crippen LogP contribution in [0.4, 0.5) is 5.69 Å². The molecule has 7 heteroatoms. The summed E-state index contributed by atoms with van der Waals surface area (Å²) in [4.78, 5) is 43.4. The van der Waals surface area contributed by atoms with Crippen LogP contribution in [0, 0.1) is 29.6 Å². The third-order valence-corrected chi connectivity index (χ3v) is 9.75. The first-order valence-corrected chi connectivity index (χ1v) is 14.9. The van der Waals surface area contributed by atoms with Gasteiger partial charge in [-0.1, -0.05) is 78.7 Å².